The Kier molecular flexibility index (Phi) is 3.65. The quantitative estimate of drug-likeness (QED) is 0.713. The van der Waals surface area contributed by atoms with Gasteiger partial charge in [0.1, 0.15) is 11.6 Å². The molecule has 2 aromatic carbocycles. The van der Waals surface area contributed by atoms with Crippen LogP contribution in [0.1, 0.15) is 0 Å². The van der Waals surface area contributed by atoms with Gasteiger partial charge in [0, 0.05) is 16.1 Å². The van der Waals surface area contributed by atoms with Crippen molar-refractivity contribution in [2.45, 2.75) is 0 Å². The second-order valence-electron chi connectivity index (χ2n) is 4.21. The molecule has 3 aromatic rings. The molecule has 3 rings (SSSR count). The molecule has 0 unspecified atom stereocenters. The molecular weight excluding hydrogens is 363 g/mol. The first-order valence-electron chi connectivity index (χ1n) is 5.82. The Morgan fingerprint density at radius 3 is 2.71 bits per heavy atom. The van der Waals surface area contributed by atoms with Crippen molar-refractivity contribution < 1.29 is 14.0 Å². The van der Waals surface area contributed by atoms with Gasteiger partial charge in [-0.2, -0.15) is 4.98 Å². The number of aromatic nitrogens is 2. The van der Waals surface area contributed by atoms with E-state index < -0.39 is 5.82 Å². The Morgan fingerprint density at radius 2 is 2.00 bits per heavy atom. The highest BCUT2D eigenvalue weighted by Gasteiger charge is 2.15. The first-order valence-corrected chi connectivity index (χ1v) is 7.00. The highest BCUT2D eigenvalue weighted by Crippen LogP contribution is 2.31. The van der Waals surface area contributed by atoms with Crippen LogP contribution in [0, 0.1) is 5.82 Å². The van der Waals surface area contributed by atoms with Gasteiger partial charge in [0.2, 0.25) is 5.82 Å². The summed E-state index contributed by atoms with van der Waals surface area (Å²) in [6.45, 7) is 0. The van der Waals surface area contributed by atoms with E-state index in [1.807, 2.05) is 0 Å². The number of nitrogens with zero attached hydrogens (tertiary/aromatic N) is 2. The zero-order valence-corrected chi connectivity index (χ0v) is 12.7. The summed E-state index contributed by atoms with van der Waals surface area (Å²) in [5.41, 5.74) is 0.964. The van der Waals surface area contributed by atoms with E-state index >= 15 is 0 Å². The average Bonchev–Trinajstić information content (AvgIpc) is 2.91. The van der Waals surface area contributed by atoms with Crippen molar-refractivity contribution in [3.63, 3.8) is 0 Å². The molecule has 1 aromatic heterocycles. The van der Waals surface area contributed by atoms with Gasteiger partial charge in [0.15, 0.2) is 0 Å². The van der Waals surface area contributed by atoms with Crippen LogP contribution in [-0.2, 0) is 0 Å². The summed E-state index contributed by atoms with van der Waals surface area (Å²) in [5.74, 6) is -0.361. The first kappa shape index (κ1) is 14.0. The van der Waals surface area contributed by atoms with Gasteiger partial charge in [-0.1, -0.05) is 16.8 Å². The second kappa shape index (κ2) is 5.46. The minimum atomic E-state index is -0.544. The fourth-order valence-electron chi connectivity index (χ4n) is 1.77. The van der Waals surface area contributed by atoms with Crippen LogP contribution in [-0.4, -0.2) is 15.2 Å². The van der Waals surface area contributed by atoms with Crippen molar-refractivity contribution in [2.24, 2.45) is 0 Å². The molecule has 0 amide bonds. The Labute approximate surface area is 132 Å². The lowest BCUT2D eigenvalue weighted by Crippen LogP contribution is -1.83. The van der Waals surface area contributed by atoms with Crippen LogP contribution in [0.3, 0.4) is 0 Å². The van der Waals surface area contributed by atoms with Gasteiger partial charge in [-0.05, 0) is 46.3 Å². The van der Waals surface area contributed by atoms with Gasteiger partial charge >= 0.3 is 0 Å². The molecule has 0 saturated carbocycles. The van der Waals surface area contributed by atoms with Crippen LogP contribution in [0.25, 0.3) is 22.8 Å². The number of halogens is 3. The molecule has 0 fully saturated rings. The highest BCUT2D eigenvalue weighted by molar-refractivity contribution is 9.10. The standard InChI is InChI=1S/C14H7BrClFN2O2/c15-10-5-7(1-4-11(10)16)13-18-14(21-19-13)9-3-2-8(17)6-12(9)20/h1-6,20H. The number of rotatable bonds is 2. The molecule has 0 spiro atoms. The van der Waals surface area contributed by atoms with E-state index in [-0.39, 0.29) is 17.2 Å². The van der Waals surface area contributed by atoms with Crippen molar-refractivity contribution in [1.29, 1.82) is 0 Å². The maximum absolute atomic E-state index is 13.0. The van der Waals surface area contributed by atoms with Crippen LogP contribution in [0.5, 0.6) is 5.75 Å². The Morgan fingerprint density at radius 1 is 1.19 bits per heavy atom. The summed E-state index contributed by atoms with van der Waals surface area (Å²) < 4.78 is 18.8. The number of phenolic OH excluding ortho intramolecular Hbond substituents is 1. The molecule has 7 heteroatoms. The van der Waals surface area contributed by atoms with Gasteiger partial charge in [-0.25, -0.2) is 4.39 Å². The smallest absolute Gasteiger partial charge is 0.262 e. The lowest BCUT2D eigenvalue weighted by atomic mass is 10.2. The van der Waals surface area contributed by atoms with Gasteiger partial charge in [0.05, 0.1) is 10.6 Å². The monoisotopic (exact) mass is 368 g/mol. The van der Waals surface area contributed by atoms with Crippen LogP contribution in [0.4, 0.5) is 4.39 Å². The molecule has 4 nitrogen and oxygen atoms in total. The molecule has 0 aliphatic heterocycles. The number of phenols is 1. The second-order valence-corrected chi connectivity index (χ2v) is 5.48. The summed E-state index contributed by atoms with van der Waals surface area (Å²) in [6.07, 6.45) is 0. The molecule has 0 bridgehead atoms. The molecule has 0 saturated heterocycles. The third kappa shape index (κ3) is 2.77. The van der Waals surface area contributed by atoms with Crippen LogP contribution < -0.4 is 0 Å². The van der Waals surface area contributed by atoms with Gasteiger partial charge in [-0.15, -0.1) is 0 Å². The molecule has 1 heterocycles. The van der Waals surface area contributed by atoms with Crippen LogP contribution in [0.15, 0.2) is 45.4 Å². The predicted octanol–water partition coefficient (Wildman–Crippen LogP) is 4.66. The van der Waals surface area contributed by atoms with E-state index in [1.54, 1.807) is 18.2 Å². The van der Waals surface area contributed by atoms with E-state index in [1.165, 1.54) is 12.1 Å². The van der Waals surface area contributed by atoms with Crippen molar-refractivity contribution in [3.8, 4) is 28.6 Å². The molecule has 1 N–H and O–H groups in total. The average molecular weight is 370 g/mol. The Balaban J connectivity index is 2.01. The first-order chi connectivity index (χ1) is 10.0. The largest absolute Gasteiger partial charge is 0.507 e. The molecule has 106 valence electrons. The summed E-state index contributed by atoms with van der Waals surface area (Å²) in [4.78, 5) is 4.19. The van der Waals surface area contributed by atoms with Gasteiger partial charge < -0.3 is 9.63 Å². The van der Waals surface area contributed by atoms with E-state index in [0.29, 0.717) is 20.9 Å². The highest BCUT2D eigenvalue weighted by atomic mass is 79.9. The van der Waals surface area contributed by atoms with Gasteiger partial charge in [-0.3, -0.25) is 0 Å². The molecule has 21 heavy (non-hydrogen) atoms. The fourth-order valence-corrected chi connectivity index (χ4v) is 2.27. The zero-order valence-electron chi connectivity index (χ0n) is 10.3. The number of benzene rings is 2. The summed E-state index contributed by atoms with van der Waals surface area (Å²) in [5, 5.41) is 14.1. The van der Waals surface area contributed by atoms with E-state index in [0.717, 1.165) is 6.07 Å². The summed E-state index contributed by atoms with van der Waals surface area (Å²) in [7, 11) is 0. The third-order valence-corrected chi connectivity index (χ3v) is 4.01. The fraction of sp³-hybridized carbons (Fsp3) is 0. The maximum Gasteiger partial charge on any atom is 0.262 e. The number of hydrogen-bond donors (Lipinski definition) is 1. The topological polar surface area (TPSA) is 59.2 Å². The number of hydrogen-bond acceptors (Lipinski definition) is 4. The van der Waals surface area contributed by atoms with E-state index in [2.05, 4.69) is 26.1 Å². The van der Waals surface area contributed by atoms with Crippen LogP contribution in [0.2, 0.25) is 5.02 Å². The Bertz CT molecular complexity index is 822. The zero-order chi connectivity index (χ0) is 15.0. The van der Waals surface area contributed by atoms with E-state index in [9.17, 15) is 9.50 Å². The minimum Gasteiger partial charge on any atom is -0.507 e. The molecule has 0 atom stereocenters. The van der Waals surface area contributed by atoms with Crippen molar-refractivity contribution in [3.05, 3.63) is 51.7 Å². The van der Waals surface area contributed by atoms with Crippen molar-refractivity contribution in [2.75, 3.05) is 0 Å². The number of aromatic hydroxyl groups is 1. The maximum atomic E-state index is 13.0. The van der Waals surface area contributed by atoms with Gasteiger partial charge in [0.25, 0.3) is 5.89 Å². The Hall–Kier alpha value is -1.92. The molecule has 0 aliphatic carbocycles. The van der Waals surface area contributed by atoms with E-state index in [4.69, 9.17) is 16.1 Å². The SMILES string of the molecule is Oc1cc(F)ccc1-c1nc(-c2ccc(Cl)c(Br)c2)no1. The van der Waals surface area contributed by atoms with Crippen molar-refractivity contribution in [1.82, 2.24) is 10.1 Å². The lowest BCUT2D eigenvalue weighted by Gasteiger charge is -1.99. The lowest BCUT2D eigenvalue weighted by molar-refractivity contribution is 0.425. The summed E-state index contributed by atoms with van der Waals surface area (Å²) in [6, 6.07) is 8.76. The molecule has 0 aliphatic rings. The molecule has 0 radical (unpaired) electrons. The summed E-state index contributed by atoms with van der Waals surface area (Å²) >= 11 is 9.24. The molecular formula is C14H7BrClFN2O2. The van der Waals surface area contributed by atoms with Crippen LogP contribution >= 0.6 is 27.5 Å². The minimum absolute atomic E-state index is 0.105. The third-order valence-electron chi connectivity index (χ3n) is 2.79. The normalized spacial score (nSPS) is 10.8. The predicted molar refractivity (Wildman–Crippen MR) is 79.5 cm³/mol. The van der Waals surface area contributed by atoms with Crippen molar-refractivity contribution >= 4 is 27.5 Å².